The molecular formula is C21H32N3O5+. The molecule has 160 valence electrons. The van der Waals surface area contributed by atoms with Gasteiger partial charge in [0, 0.05) is 18.4 Å². The Kier molecular flexibility index (Phi) is 9.08. The second-order valence-electron chi connectivity index (χ2n) is 7.39. The highest BCUT2D eigenvalue weighted by Gasteiger charge is 2.25. The van der Waals surface area contributed by atoms with Crippen molar-refractivity contribution in [2.75, 3.05) is 26.2 Å². The van der Waals surface area contributed by atoms with E-state index in [9.17, 15) is 14.4 Å². The number of carbonyl (C=O) groups is 3. The third kappa shape index (κ3) is 8.21. The molecule has 1 aliphatic rings. The van der Waals surface area contributed by atoms with Crippen molar-refractivity contribution < 1.29 is 28.8 Å². The van der Waals surface area contributed by atoms with E-state index in [1.165, 1.54) is 4.90 Å². The SMILES string of the molecule is CCOc1ccc(C(=O)CCC(=O)NNC(=O)CC[NH+]2C[C@H](C)O[C@@H](C)C2)cc1. The van der Waals surface area contributed by atoms with Crippen molar-refractivity contribution >= 4 is 17.6 Å². The number of amides is 2. The Labute approximate surface area is 171 Å². The second kappa shape index (κ2) is 11.5. The van der Waals surface area contributed by atoms with Crippen LogP contribution >= 0.6 is 0 Å². The molecule has 1 fully saturated rings. The molecule has 1 aromatic carbocycles. The molecule has 1 aliphatic heterocycles. The van der Waals surface area contributed by atoms with Gasteiger partial charge in [-0.3, -0.25) is 25.2 Å². The van der Waals surface area contributed by atoms with Crippen molar-refractivity contribution in [3.63, 3.8) is 0 Å². The van der Waals surface area contributed by atoms with E-state index in [1.54, 1.807) is 24.3 Å². The molecule has 0 bridgehead atoms. The Morgan fingerprint density at radius 1 is 1.00 bits per heavy atom. The van der Waals surface area contributed by atoms with Crippen LogP contribution in [0.2, 0.25) is 0 Å². The Hall–Kier alpha value is -2.45. The number of hydrogen-bond donors (Lipinski definition) is 3. The Morgan fingerprint density at radius 3 is 2.17 bits per heavy atom. The summed E-state index contributed by atoms with van der Waals surface area (Å²) in [6.07, 6.45) is 0.772. The van der Waals surface area contributed by atoms with Gasteiger partial charge in [0.1, 0.15) is 31.0 Å². The maximum Gasteiger partial charge on any atom is 0.244 e. The predicted molar refractivity (Wildman–Crippen MR) is 108 cm³/mol. The molecule has 1 saturated heterocycles. The largest absolute Gasteiger partial charge is 0.494 e. The first kappa shape index (κ1) is 22.8. The molecule has 8 nitrogen and oxygen atoms in total. The van der Waals surface area contributed by atoms with E-state index < -0.39 is 5.91 Å². The fourth-order valence-corrected chi connectivity index (χ4v) is 3.42. The molecule has 2 rings (SSSR count). The van der Waals surface area contributed by atoms with E-state index in [2.05, 4.69) is 10.9 Å². The van der Waals surface area contributed by atoms with E-state index in [-0.39, 0.29) is 36.7 Å². The predicted octanol–water partition coefficient (Wildman–Crippen LogP) is 0.278. The summed E-state index contributed by atoms with van der Waals surface area (Å²) in [5, 5.41) is 0. The number of benzene rings is 1. The van der Waals surface area contributed by atoms with Crippen molar-refractivity contribution in [2.45, 2.75) is 52.2 Å². The molecule has 0 spiro atoms. The molecule has 0 radical (unpaired) electrons. The van der Waals surface area contributed by atoms with Crippen LogP contribution in [0.3, 0.4) is 0 Å². The fourth-order valence-electron chi connectivity index (χ4n) is 3.42. The smallest absolute Gasteiger partial charge is 0.244 e. The van der Waals surface area contributed by atoms with Gasteiger partial charge in [0.2, 0.25) is 11.8 Å². The van der Waals surface area contributed by atoms with E-state index in [0.29, 0.717) is 30.9 Å². The second-order valence-corrected chi connectivity index (χ2v) is 7.39. The first-order chi connectivity index (χ1) is 13.9. The molecule has 0 unspecified atom stereocenters. The average Bonchev–Trinajstić information content (AvgIpc) is 2.69. The van der Waals surface area contributed by atoms with Crippen LogP contribution in [0.25, 0.3) is 0 Å². The number of nitrogens with one attached hydrogen (secondary N) is 3. The molecule has 2 atom stereocenters. The van der Waals surface area contributed by atoms with Crippen LogP contribution < -0.4 is 20.5 Å². The average molecular weight is 407 g/mol. The maximum absolute atomic E-state index is 12.2. The van der Waals surface area contributed by atoms with Crippen LogP contribution in [0.1, 0.15) is 50.4 Å². The minimum Gasteiger partial charge on any atom is -0.494 e. The molecule has 8 heteroatoms. The van der Waals surface area contributed by atoms with E-state index in [0.717, 1.165) is 13.1 Å². The van der Waals surface area contributed by atoms with Crippen LogP contribution in [0.5, 0.6) is 5.75 Å². The zero-order valence-electron chi connectivity index (χ0n) is 17.5. The first-order valence-corrected chi connectivity index (χ1v) is 10.2. The van der Waals surface area contributed by atoms with Crippen LogP contribution in [0, 0.1) is 0 Å². The molecule has 29 heavy (non-hydrogen) atoms. The summed E-state index contributed by atoms with van der Waals surface area (Å²) in [7, 11) is 0. The number of quaternary nitrogens is 1. The quantitative estimate of drug-likeness (QED) is 0.404. The summed E-state index contributed by atoms with van der Waals surface area (Å²) in [4.78, 5) is 37.3. The summed E-state index contributed by atoms with van der Waals surface area (Å²) >= 11 is 0. The Balaban J connectivity index is 1.63. The number of rotatable bonds is 9. The zero-order valence-corrected chi connectivity index (χ0v) is 17.5. The van der Waals surface area contributed by atoms with Crippen LogP contribution in [0.15, 0.2) is 24.3 Å². The topological polar surface area (TPSA) is 98.2 Å². The van der Waals surface area contributed by atoms with E-state index >= 15 is 0 Å². The molecular weight excluding hydrogens is 374 g/mol. The van der Waals surface area contributed by atoms with Crippen molar-refractivity contribution in [3.8, 4) is 5.75 Å². The molecule has 0 aliphatic carbocycles. The lowest BCUT2D eigenvalue weighted by molar-refractivity contribution is -0.914. The van der Waals surface area contributed by atoms with Gasteiger partial charge in [-0.25, -0.2) is 0 Å². The minimum atomic E-state index is -0.390. The number of ether oxygens (including phenoxy) is 2. The van der Waals surface area contributed by atoms with Gasteiger partial charge < -0.3 is 14.4 Å². The third-order valence-electron chi connectivity index (χ3n) is 4.73. The van der Waals surface area contributed by atoms with Crippen LogP contribution in [-0.4, -0.2) is 56.0 Å². The van der Waals surface area contributed by atoms with Crippen molar-refractivity contribution in [3.05, 3.63) is 29.8 Å². The molecule has 1 aromatic rings. The van der Waals surface area contributed by atoms with Gasteiger partial charge >= 0.3 is 0 Å². The highest BCUT2D eigenvalue weighted by atomic mass is 16.5. The Bertz CT molecular complexity index is 682. The molecule has 0 saturated carbocycles. The summed E-state index contributed by atoms with van der Waals surface area (Å²) in [6, 6.07) is 6.83. The maximum atomic E-state index is 12.2. The van der Waals surface area contributed by atoms with Gasteiger partial charge in [0.05, 0.1) is 19.6 Å². The molecule has 2 amide bonds. The van der Waals surface area contributed by atoms with Gasteiger partial charge in [-0.1, -0.05) is 0 Å². The number of hydrogen-bond acceptors (Lipinski definition) is 5. The van der Waals surface area contributed by atoms with Gasteiger partial charge in [-0.2, -0.15) is 0 Å². The molecule has 1 heterocycles. The van der Waals surface area contributed by atoms with Gasteiger partial charge in [-0.15, -0.1) is 0 Å². The number of ketones is 1. The summed E-state index contributed by atoms with van der Waals surface area (Å²) in [5.41, 5.74) is 5.32. The lowest BCUT2D eigenvalue weighted by atomic mass is 10.1. The molecule has 0 aromatic heterocycles. The van der Waals surface area contributed by atoms with Gasteiger partial charge in [0.15, 0.2) is 5.78 Å². The number of morpholine rings is 1. The summed E-state index contributed by atoms with van der Waals surface area (Å²) in [5.74, 6) is -0.0601. The Morgan fingerprint density at radius 2 is 1.59 bits per heavy atom. The minimum absolute atomic E-state index is 0.00999. The first-order valence-electron chi connectivity index (χ1n) is 10.2. The van der Waals surface area contributed by atoms with E-state index in [1.807, 2.05) is 20.8 Å². The van der Waals surface area contributed by atoms with E-state index in [4.69, 9.17) is 9.47 Å². The fraction of sp³-hybridized carbons (Fsp3) is 0.571. The monoisotopic (exact) mass is 406 g/mol. The van der Waals surface area contributed by atoms with Crippen LogP contribution in [-0.2, 0) is 14.3 Å². The molecule has 3 N–H and O–H groups in total. The normalized spacial score (nSPS) is 21.3. The van der Waals surface area contributed by atoms with Gasteiger partial charge in [0.25, 0.3) is 0 Å². The van der Waals surface area contributed by atoms with Crippen molar-refractivity contribution in [1.82, 2.24) is 10.9 Å². The van der Waals surface area contributed by atoms with Gasteiger partial charge in [-0.05, 0) is 45.0 Å². The third-order valence-corrected chi connectivity index (χ3v) is 4.73. The number of hydrazine groups is 1. The number of Topliss-reactive ketones (excluding diaryl/α,β-unsaturated/α-hetero) is 1. The summed E-state index contributed by atoms with van der Waals surface area (Å²) in [6.45, 7) is 8.95. The lowest BCUT2D eigenvalue weighted by Gasteiger charge is -2.32. The van der Waals surface area contributed by atoms with Crippen molar-refractivity contribution in [1.29, 1.82) is 0 Å². The van der Waals surface area contributed by atoms with Crippen molar-refractivity contribution in [2.24, 2.45) is 0 Å². The summed E-state index contributed by atoms with van der Waals surface area (Å²) < 4.78 is 11.0. The van der Waals surface area contributed by atoms with Crippen LogP contribution in [0.4, 0.5) is 0 Å². The highest BCUT2D eigenvalue weighted by Crippen LogP contribution is 2.14. The zero-order chi connectivity index (χ0) is 21.2. The highest BCUT2D eigenvalue weighted by molar-refractivity contribution is 5.98. The number of carbonyl (C=O) groups excluding carboxylic acids is 3. The lowest BCUT2D eigenvalue weighted by Crippen LogP contribution is -3.15. The standard InChI is InChI=1S/C21H31N3O5/c1-4-28-18-7-5-17(6-8-18)19(25)9-10-20(26)22-23-21(27)11-12-24-13-15(2)29-16(3)14-24/h5-8,15-16H,4,9-14H2,1-3H3,(H,22,26)(H,23,27)/p+1/t15-,16-/m0/s1.